The first-order valence-corrected chi connectivity index (χ1v) is 8.70. The molecule has 0 heterocycles. The molecule has 1 amide bonds. The highest BCUT2D eigenvalue weighted by molar-refractivity contribution is 14.0. The van der Waals surface area contributed by atoms with E-state index in [1.54, 1.807) is 27.8 Å². The Kier molecular flexibility index (Phi) is 12.5. The first kappa shape index (κ1) is 26.1. The standard InChI is InChI=1S/C18H28F2N4O3.HI/c1-18(2,3)27-17(25)24-9-5-8-22-16(21-4)23-10-11-26-13-6-7-14(19)15(20)12-13;/h6-7,12H,5,8-11H2,1-4H3,(H,24,25)(H2,21,22,23);1H. The lowest BCUT2D eigenvalue weighted by molar-refractivity contribution is 0.0527. The second-order valence-electron chi connectivity index (χ2n) is 6.63. The number of guanidine groups is 1. The van der Waals surface area contributed by atoms with Crippen LogP contribution < -0.4 is 20.7 Å². The van der Waals surface area contributed by atoms with Crippen LogP contribution in [0.3, 0.4) is 0 Å². The Morgan fingerprint density at radius 3 is 2.32 bits per heavy atom. The summed E-state index contributed by atoms with van der Waals surface area (Å²) < 4.78 is 36.4. The summed E-state index contributed by atoms with van der Waals surface area (Å²) in [6.45, 7) is 7.17. The third kappa shape index (κ3) is 11.8. The van der Waals surface area contributed by atoms with Crippen molar-refractivity contribution in [3.8, 4) is 5.75 Å². The number of alkyl carbamates (subject to hydrolysis) is 1. The highest BCUT2D eigenvalue weighted by Gasteiger charge is 2.15. The number of nitrogens with one attached hydrogen (secondary N) is 3. The second-order valence-corrected chi connectivity index (χ2v) is 6.63. The van der Waals surface area contributed by atoms with Gasteiger partial charge in [0.1, 0.15) is 18.0 Å². The Balaban J connectivity index is 0.00000729. The third-order valence-corrected chi connectivity index (χ3v) is 3.09. The van der Waals surface area contributed by atoms with Crippen LogP contribution in [0.25, 0.3) is 0 Å². The summed E-state index contributed by atoms with van der Waals surface area (Å²) in [7, 11) is 1.63. The van der Waals surface area contributed by atoms with Crippen molar-refractivity contribution in [2.45, 2.75) is 32.8 Å². The molecule has 1 aromatic carbocycles. The van der Waals surface area contributed by atoms with Gasteiger partial charge in [0.25, 0.3) is 0 Å². The number of benzene rings is 1. The molecule has 3 N–H and O–H groups in total. The molecule has 0 aliphatic carbocycles. The Labute approximate surface area is 181 Å². The van der Waals surface area contributed by atoms with Crippen LogP contribution in [0.2, 0.25) is 0 Å². The minimum atomic E-state index is -0.946. The van der Waals surface area contributed by atoms with Gasteiger partial charge in [-0.15, -0.1) is 24.0 Å². The molecule has 1 aromatic rings. The summed E-state index contributed by atoms with van der Waals surface area (Å²) in [6.07, 6.45) is 0.241. The van der Waals surface area contributed by atoms with Crippen molar-refractivity contribution in [3.63, 3.8) is 0 Å². The molecular weight excluding hydrogens is 485 g/mol. The predicted octanol–water partition coefficient (Wildman–Crippen LogP) is 3.04. The molecule has 0 saturated heterocycles. The molecule has 28 heavy (non-hydrogen) atoms. The molecule has 0 atom stereocenters. The number of ether oxygens (including phenoxy) is 2. The third-order valence-electron chi connectivity index (χ3n) is 3.09. The number of hydrogen-bond acceptors (Lipinski definition) is 4. The van der Waals surface area contributed by atoms with Crippen molar-refractivity contribution in [1.29, 1.82) is 0 Å². The van der Waals surface area contributed by atoms with E-state index in [1.165, 1.54) is 6.07 Å². The van der Waals surface area contributed by atoms with Crippen LogP contribution in [0.5, 0.6) is 5.75 Å². The molecule has 1 rings (SSSR count). The fourth-order valence-electron chi connectivity index (χ4n) is 1.93. The van der Waals surface area contributed by atoms with Crippen LogP contribution >= 0.6 is 24.0 Å². The molecule has 0 unspecified atom stereocenters. The van der Waals surface area contributed by atoms with E-state index in [-0.39, 0.29) is 36.3 Å². The molecule has 10 heteroatoms. The lowest BCUT2D eigenvalue weighted by atomic mass is 10.2. The van der Waals surface area contributed by atoms with E-state index < -0.39 is 23.3 Å². The minimum Gasteiger partial charge on any atom is -0.492 e. The summed E-state index contributed by atoms with van der Waals surface area (Å²) in [5.74, 6) is -1.03. The summed E-state index contributed by atoms with van der Waals surface area (Å²) in [5, 5.41) is 8.79. The summed E-state index contributed by atoms with van der Waals surface area (Å²) in [5.41, 5.74) is -0.518. The van der Waals surface area contributed by atoms with Gasteiger partial charge in [-0.05, 0) is 39.3 Å². The van der Waals surface area contributed by atoms with E-state index in [9.17, 15) is 13.6 Å². The Morgan fingerprint density at radius 1 is 1.07 bits per heavy atom. The maximum atomic E-state index is 13.1. The van der Waals surface area contributed by atoms with Crippen LogP contribution in [-0.4, -0.2) is 50.9 Å². The number of rotatable bonds is 8. The fourth-order valence-corrected chi connectivity index (χ4v) is 1.93. The molecular formula is C18H29F2IN4O3. The minimum absolute atomic E-state index is 0. The molecule has 160 valence electrons. The zero-order valence-electron chi connectivity index (χ0n) is 16.6. The molecule has 0 radical (unpaired) electrons. The summed E-state index contributed by atoms with van der Waals surface area (Å²) >= 11 is 0. The highest BCUT2D eigenvalue weighted by atomic mass is 127. The molecule has 0 bridgehead atoms. The number of halogens is 3. The second kappa shape index (κ2) is 13.3. The van der Waals surface area contributed by atoms with E-state index in [0.29, 0.717) is 32.0 Å². The van der Waals surface area contributed by atoms with Crippen molar-refractivity contribution in [3.05, 3.63) is 29.8 Å². The van der Waals surface area contributed by atoms with Gasteiger partial charge in [-0.1, -0.05) is 0 Å². The maximum absolute atomic E-state index is 13.1. The lowest BCUT2D eigenvalue weighted by Gasteiger charge is -2.19. The van der Waals surface area contributed by atoms with Crippen molar-refractivity contribution >= 4 is 36.0 Å². The largest absolute Gasteiger partial charge is 0.492 e. The molecule has 0 aliphatic rings. The molecule has 7 nitrogen and oxygen atoms in total. The normalized spacial score (nSPS) is 11.3. The van der Waals surface area contributed by atoms with Gasteiger partial charge >= 0.3 is 6.09 Å². The molecule has 0 fully saturated rings. The van der Waals surface area contributed by atoms with Crippen molar-refractivity contribution < 1.29 is 23.0 Å². The molecule has 0 spiro atoms. The molecule has 0 aliphatic heterocycles. The SMILES string of the molecule is CN=C(NCCCNC(=O)OC(C)(C)C)NCCOc1ccc(F)c(F)c1.I. The lowest BCUT2D eigenvalue weighted by Crippen LogP contribution is -2.40. The highest BCUT2D eigenvalue weighted by Crippen LogP contribution is 2.14. The van der Waals surface area contributed by atoms with Crippen LogP contribution in [-0.2, 0) is 4.74 Å². The van der Waals surface area contributed by atoms with E-state index in [0.717, 1.165) is 12.1 Å². The van der Waals surface area contributed by atoms with Gasteiger partial charge < -0.3 is 25.4 Å². The fraction of sp³-hybridized carbons (Fsp3) is 0.556. The Hall–Kier alpha value is -1.85. The van der Waals surface area contributed by atoms with Gasteiger partial charge in [-0.3, -0.25) is 4.99 Å². The quantitative estimate of drug-likeness (QED) is 0.215. The van der Waals surface area contributed by atoms with Gasteiger partial charge in [0, 0.05) is 26.2 Å². The smallest absolute Gasteiger partial charge is 0.407 e. The molecule has 0 saturated carbocycles. The summed E-state index contributed by atoms with van der Waals surface area (Å²) in [6, 6.07) is 3.38. The predicted molar refractivity (Wildman–Crippen MR) is 115 cm³/mol. The van der Waals surface area contributed by atoms with Crippen molar-refractivity contribution in [2.75, 3.05) is 33.3 Å². The average Bonchev–Trinajstić information content (AvgIpc) is 2.58. The number of carbonyl (C=O) groups is 1. The average molecular weight is 514 g/mol. The van der Waals surface area contributed by atoms with Gasteiger partial charge in [-0.2, -0.15) is 0 Å². The van der Waals surface area contributed by atoms with E-state index in [1.807, 2.05) is 0 Å². The Morgan fingerprint density at radius 2 is 1.71 bits per heavy atom. The van der Waals surface area contributed by atoms with Gasteiger partial charge in [-0.25, -0.2) is 13.6 Å². The number of aliphatic imine (C=N–C) groups is 1. The van der Waals surface area contributed by atoms with Crippen LogP contribution in [0.1, 0.15) is 27.2 Å². The van der Waals surface area contributed by atoms with Crippen LogP contribution in [0.15, 0.2) is 23.2 Å². The van der Waals surface area contributed by atoms with Crippen molar-refractivity contribution in [2.24, 2.45) is 4.99 Å². The topological polar surface area (TPSA) is 84.0 Å². The Bertz CT molecular complexity index is 640. The summed E-state index contributed by atoms with van der Waals surface area (Å²) in [4.78, 5) is 15.6. The van der Waals surface area contributed by atoms with Gasteiger partial charge in [0.05, 0.1) is 6.54 Å². The molecule has 0 aromatic heterocycles. The van der Waals surface area contributed by atoms with Gasteiger partial charge in [0.2, 0.25) is 0 Å². The van der Waals surface area contributed by atoms with E-state index in [4.69, 9.17) is 9.47 Å². The first-order valence-electron chi connectivity index (χ1n) is 8.70. The monoisotopic (exact) mass is 514 g/mol. The van der Waals surface area contributed by atoms with E-state index in [2.05, 4.69) is 20.9 Å². The van der Waals surface area contributed by atoms with Crippen LogP contribution in [0.4, 0.5) is 13.6 Å². The van der Waals surface area contributed by atoms with Gasteiger partial charge in [0.15, 0.2) is 17.6 Å². The maximum Gasteiger partial charge on any atom is 0.407 e. The van der Waals surface area contributed by atoms with Crippen LogP contribution in [0, 0.1) is 11.6 Å². The zero-order valence-corrected chi connectivity index (χ0v) is 18.9. The van der Waals surface area contributed by atoms with E-state index >= 15 is 0 Å². The zero-order chi connectivity index (χ0) is 20.3. The number of hydrogen-bond donors (Lipinski definition) is 3. The number of nitrogens with zero attached hydrogens (tertiary/aromatic N) is 1. The number of amides is 1. The number of carbonyl (C=O) groups excluding carboxylic acids is 1. The first-order chi connectivity index (χ1) is 12.7. The van der Waals surface area contributed by atoms with Crippen molar-refractivity contribution in [1.82, 2.24) is 16.0 Å².